The molecule has 2 amide bonds. The summed E-state index contributed by atoms with van der Waals surface area (Å²) in [5.74, 6) is 0.865. The number of hydrogen-bond acceptors (Lipinski definition) is 7. The molecule has 1 unspecified atom stereocenters. The molecule has 3 aromatic rings. The maximum Gasteiger partial charge on any atom is 0.229 e. The maximum absolute atomic E-state index is 13.0. The van der Waals surface area contributed by atoms with E-state index in [1.54, 1.807) is 24.1 Å². The minimum Gasteiger partial charge on any atom is -0.497 e. The van der Waals surface area contributed by atoms with Gasteiger partial charge in [-0.15, -0.1) is 10.2 Å². The highest BCUT2D eigenvalue weighted by Crippen LogP contribution is 2.28. The van der Waals surface area contributed by atoms with E-state index in [2.05, 4.69) is 20.4 Å². The first kappa shape index (κ1) is 22.8. The van der Waals surface area contributed by atoms with Gasteiger partial charge in [-0.1, -0.05) is 12.1 Å². The molecule has 1 N–H and O–H groups in total. The Labute approximate surface area is 203 Å². The Kier molecular flexibility index (Phi) is 6.58. The standard InChI is InChI=1S/C26H27N5O4/c1-34-22-7-5-21(6-8-22)31-17-19(16-25(31)32)26(33)27-20-4-2-3-18(15-20)23-9-10-24(29-28-23)30-11-13-35-14-12-30/h2-10,15,19H,11-14,16-17H2,1H3,(H,27,33). The third kappa shape index (κ3) is 5.09. The van der Waals surface area contributed by atoms with E-state index in [0.29, 0.717) is 25.4 Å². The molecule has 0 saturated carbocycles. The third-order valence-electron chi connectivity index (χ3n) is 6.29. The van der Waals surface area contributed by atoms with Gasteiger partial charge < -0.3 is 24.6 Å². The van der Waals surface area contributed by atoms with Gasteiger partial charge in [-0.25, -0.2) is 0 Å². The number of ether oxygens (including phenoxy) is 2. The number of aromatic nitrogens is 2. The van der Waals surface area contributed by atoms with Gasteiger partial charge in [0.25, 0.3) is 0 Å². The lowest BCUT2D eigenvalue weighted by atomic mass is 10.1. The van der Waals surface area contributed by atoms with Crippen molar-refractivity contribution < 1.29 is 19.1 Å². The molecule has 1 atom stereocenters. The summed E-state index contributed by atoms with van der Waals surface area (Å²) in [7, 11) is 1.60. The van der Waals surface area contributed by atoms with Crippen LogP contribution in [0.4, 0.5) is 17.2 Å². The molecule has 180 valence electrons. The lowest BCUT2D eigenvalue weighted by molar-refractivity contribution is -0.122. The number of amides is 2. The predicted molar refractivity (Wildman–Crippen MR) is 133 cm³/mol. The molecule has 3 heterocycles. The number of carbonyl (C=O) groups is 2. The molecule has 2 aromatic carbocycles. The van der Waals surface area contributed by atoms with Crippen LogP contribution in [0.1, 0.15) is 6.42 Å². The summed E-state index contributed by atoms with van der Waals surface area (Å²) in [5, 5.41) is 11.7. The summed E-state index contributed by atoms with van der Waals surface area (Å²) < 4.78 is 10.6. The fourth-order valence-corrected chi connectivity index (χ4v) is 4.34. The van der Waals surface area contributed by atoms with Gasteiger partial charge >= 0.3 is 0 Å². The van der Waals surface area contributed by atoms with Gasteiger partial charge in [0.05, 0.1) is 31.9 Å². The monoisotopic (exact) mass is 473 g/mol. The molecule has 5 rings (SSSR count). The number of carbonyl (C=O) groups excluding carboxylic acids is 2. The lowest BCUT2D eigenvalue weighted by Gasteiger charge is -2.27. The Hall–Kier alpha value is -3.98. The molecule has 35 heavy (non-hydrogen) atoms. The molecule has 9 heteroatoms. The van der Waals surface area contributed by atoms with Crippen LogP contribution in [-0.2, 0) is 14.3 Å². The highest BCUT2D eigenvalue weighted by Gasteiger charge is 2.35. The molecular formula is C26H27N5O4. The van der Waals surface area contributed by atoms with Crippen LogP contribution in [0.2, 0.25) is 0 Å². The SMILES string of the molecule is COc1ccc(N2CC(C(=O)Nc3cccc(-c4ccc(N5CCOCC5)nn4)c3)CC2=O)cc1. The van der Waals surface area contributed by atoms with Crippen LogP contribution >= 0.6 is 0 Å². The quantitative estimate of drug-likeness (QED) is 0.588. The zero-order valence-corrected chi connectivity index (χ0v) is 19.5. The van der Waals surface area contributed by atoms with Crippen LogP contribution in [0.25, 0.3) is 11.3 Å². The molecule has 0 spiro atoms. The highest BCUT2D eigenvalue weighted by molar-refractivity contribution is 6.03. The van der Waals surface area contributed by atoms with E-state index in [1.165, 1.54) is 0 Å². The number of methoxy groups -OCH3 is 1. The molecule has 2 aliphatic heterocycles. The van der Waals surface area contributed by atoms with Crippen molar-refractivity contribution >= 4 is 29.0 Å². The van der Waals surface area contributed by atoms with Crippen molar-refractivity contribution in [3.63, 3.8) is 0 Å². The van der Waals surface area contributed by atoms with Crippen LogP contribution in [0.15, 0.2) is 60.7 Å². The van der Waals surface area contributed by atoms with E-state index in [1.807, 2.05) is 48.5 Å². The number of hydrogen-bond donors (Lipinski definition) is 1. The van der Waals surface area contributed by atoms with Crippen molar-refractivity contribution in [2.24, 2.45) is 5.92 Å². The number of nitrogens with zero attached hydrogens (tertiary/aromatic N) is 4. The molecule has 0 bridgehead atoms. The summed E-state index contributed by atoms with van der Waals surface area (Å²) in [6, 6.07) is 18.6. The first-order chi connectivity index (χ1) is 17.1. The second-order valence-corrected chi connectivity index (χ2v) is 8.55. The van der Waals surface area contributed by atoms with Gasteiger partial charge in [0.2, 0.25) is 11.8 Å². The van der Waals surface area contributed by atoms with E-state index in [4.69, 9.17) is 9.47 Å². The van der Waals surface area contributed by atoms with Gasteiger partial charge in [-0.2, -0.15) is 0 Å². The average molecular weight is 474 g/mol. The summed E-state index contributed by atoms with van der Waals surface area (Å²) in [6.07, 6.45) is 0.173. The lowest BCUT2D eigenvalue weighted by Crippen LogP contribution is -2.36. The van der Waals surface area contributed by atoms with E-state index in [0.717, 1.165) is 41.6 Å². The molecule has 2 saturated heterocycles. The van der Waals surface area contributed by atoms with E-state index in [9.17, 15) is 9.59 Å². The second-order valence-electron chi connectivity index (χ2n) is 8.55. The number of anilines is 3. The average Bonchev–Trinajstić information content (AvgIpc) is 3.31. The van der Waals surface area contributed by atoms with Crippen LogP contribution in [0, 0.1) is 5.92 Å². The van der Waals surface area contributed by atoms with Crippen molar-refractivity contribution in [3.05, 3.63) is 60.7 Å². The Morgan fingerprint density at radius 1 is 1.06 bits per heavy atom. The molecule has 0 aliphatic carbocycles. The Balaban J connectivity index is 1.23. The molecule has 1 aromatic heterocycles. The van der Waals surface area contributed by atoms with Gasteiger partial charge in [0.1, 0.15) is 5.75 Å². The van der Waals surface area contributed by atoms with Crippen molar-refractivity contribution in [1.82, 2.24) is 10.2 Å². The van der Waals surface area contributed by atoms with E-state index < -0.39 is 5.92 Å². The molecule has 0 radical (unpaired) electrons. The minimum atomic E-state index is -0.430. The minimum absolute atomic E-state index is 0.0697. The van der Waals surface area contributed by atoms with Crippen LogP contribution < -0.4 is 19.9 Å². The highest BCUT2D eigenvalue weighted by atomic mass is 16.5. The van der Waals surface area contributed by atoms with Gasteiger partial charge in [-0.05, 0) is 48.5 Å². The number of rotatable bonds is 6. The number of morpholine rings is 1. The van der Waals surface area contributed by atoms with Crippen molar-refractivity contribution in [3.8, 4) is 17.0 Å². The molecule has 2 fully saturated rings. The molecular weight excluding hydrogens is 446 g/mol. The van der Waals surface area contributed by atoms with Crippen molar-refractivity contribution in [1.29, 1.82) is 0 Å². The van der Waals surface area contributed by atoms with Crippen LogP contribution in [-0.4, -0.2) is 62.0 Å². The first-order valence-corrected chi connectivity index (χ1v) is 11.6. The zero-order chi connectivity index (χ0) is 24.2. The summed E-state index contributed by atoms with van der Waals surface area (Å²) in [4.78, 5) is 29.3. The normalized spacial score (nSPS) is 18.0. The fourth-order valence-electron chi connectivity index (χ4n) is 4.34. The van der Waals surface area contributed by atoms with E-state index in [-0.39, 0.29) is 18.2 Å². The second kappa shape index (κ2) is 10.1. The summed E-state index contributed by atoms with van der Waals surface area (Å²) >= 11 is 0. The van der Waals surface area contributed by atoms with Crippen LogP contribution in [0.3, 0.4) is 0 Å². The number of benzene rings is 2. The topological polar surface area (TPSA) is 96.9 Å². The molecule has 9 nitrogen and oxygen atoms in total. The van der Waals surface area contributed by atoms with Gasteiger partial charge in [0, 0.05) is 43.0 Å². The van der Waals surface area contributed by atoms with Gasteiger partial charge in [-0.3, -0.25) is 9.59 Å². The Morgan fingerprint density at radius 2 is 1.86 bits per heavy atom. The third-order valence-corrected chi connectivity index (χ3v) is 6.29. The number of nitrogens with one attached hydrogen (secondary N) is 1. The Bertz CT molecular complexity index is 1190. The van der Waals surface area contributed by atoms with E-state index >= 15 is 0 Å². The zero-order valence-electron chi connectivity index (χ0n) is 19.5. The van der Waals surface area contributed by atoms with Crippen molar-refractivity contribution in [2.45, 2.75) is 6.42 Å². The fraction of sp³-hybridized carbons (Fsp3) is 0.308. The van der Waals surface area contributed by atoms with Crippen molar-refractivity contribution in [2.75, 3.05) is 55.1 Å². The van der Waals surface area contributed by atoms with Crippen LogP contribution in [0.5, 0.6) is 5.75 Å². The molecule has 2 aliphatic rings. The smallest absolute Gasteiger partial charge is 0.229 e. The summed E-state index contributed by atoms with van der Waals surface area (Å²) in [5.41, 5.74) is 2.99. The Morgan fingerprint density at radius 3 is 2.57 bits per heavy atom. The maximum atomic E-state index is 13.0. The predicted octanol–water partition coefficient (Wildman–Crippen LogP) is 2.98. The summed E-state index contributed by atoms with van der Waals surface area (Å²) in [6.45, 7) is 3.32. The largest absolute Gasteiger partial charge is 0.497 e. The first-order valence-electron chi connectivity index (χ1n) is 11.6. The van der Waals surface area contributed by atoms with Gasteiger partial charge in [0.15, 0.2) is 5.82 Å².